The van der Waals surface area contributed by atoms with Crippen molar-refractivity contribution < 1.29 is 9.59 Å². The summed E-state index contributed by atoms with van der Waals surface area (Å²) < 4.78 is 0. The summed E-state index contributed by atoms with van der Waals surface area (Å²) in [5.41, 5.74) is 2.70. The molecule has 0 amide bonds. The van der Waals surface area contributed by atoms with E-state index in [1.54, 1.807) is 0 Å². The van der Waals surface area contributed by atoms with Crippen molar-refractivity contribution in [3.63, 3.8) is 0 Å². The summed E-state index contributed by atoms with van der Waals surface area (Å²) in [6.07, 6.45) is 0. The van der Waals surface area contributed by atoms with Crippen molar-refractivity contribution in [2.24, 2.45) is 0 Å². The standard InChI is InChI=1S/C30H18O2/c31-29(21-7-3-1-4-8-21)25-17-13-19-12-16-24-26(30(32)22-9-5-2-6-10-22)18-14-20-11-15-23(25)27(19)28(20)24/h1-18H. The number of benzene rings is 6. The summed E-state index contributed by atoms with van der Waals surface area (Å²) >= 11 is 0. The van der Waals surface area contributed by atoms with E-state index in [0.717, 1.165) is 32.3 Å². The SMILES string of the molecule is O=C(c1ccccc1)c1ccc2ccc3c(C(=O)c4ccccc4)ccc4ccc1c2c43. The highest BCUT2D eigenvalue weighted by Gasteiger charge is 2.19. The molecule has 0 N–H and O–H groups in total. The molecule has 0 aliphatic rings. The van der Waals surface area contributed by atoms with Gasteiger partial charge in [-0.1, -0.05) is 97.1 Å². The molecule has 0 radical (unpaired) electrons. The topological polar surface area (TPSA) is 34.1 Å². The number of carbonyl (C=O) groups is 2. The van der Waals surface area contributed by atoms with Crippen molar-refractivity contribution in [2.45, 2.75) is 0 Å². The fourth-order valence-electron chi connectivity index (χ4n) is 4.69. The highest BCUT2D eigenvalue weighted by molar-refractivity contribution is 6.31. The van der Waals surface area contributed by atoms with E-state index in [9.17, 15) is 9.59 Å². The van der Waals surface area contributed by atoms with Crippen LogP contribution in [0.2, 0.25) is 0 Å². The second-order valence-electron chi connectivity index (χ2n) is 8.04. The zero-order chi connectivity index (χ0) is 21.7. The first-order valence-corrected chi connectivity index (χ1v) is 10.6. The molecule has 0 atom stereocenters. The molecule has 6 aromatic rings. The van der Waals surface area contributed by atoms with Gasteiger partial charge in [-0.2, -0.15) is 0 Å². The lowest BCUT2D eigenvalue weighted by Crippen LogP contribution is -2.04. The van der Waals surface area contributed by atoms with Crippen LogP contribution in [0.15, 0.2) is 109 Å². The maximum absolute atomic E-state index is 13.3. The lowest BCUT2D eigenvalue weighted by Gasteiger charge is -2.15. The first-order valence-electron chi connectivity index (χ1n) is 10.6. The van der Waals surface area contributed by atoms with Crippen molar-refractivity contribution in [1.29, 1.82) is 0 Å². The van der Waals surface area contributed by atoms with Gasteiger partial charge in [0.2, 0.25) is 0 Å². The Morgan fingerprint density at radius 1 is 0.406 bits per heavy atom. The van der Waals surface area contributed by atoms with Gasteiger partial charge >= 0.3 is 0 Å². The van der Waals surface area contributed by atoms with Crippen LogP contribution in [-0.2, 0) is 0 Å². The van der Waals surface area contributed by atoms with Gasteiger partial charge in [-0.15, -0.1) is 0 Å². The molecule has 0 saturated heterocycles. The summed E-state index contributed by atoms with van der Waals surface area (Å²) in [5.74, 6) is 0.00763. The molecule has 0 heterocycles. The quantitative estimate of drug-likeness (QED) is 0.231. The molecule has 2 nitrogen and oxygen atoms in total. The van der Waals surface area contributed by atoms with E-state index >= 15 is 0 Å². The summed E-state index contributed by atoms with van der Waals surface area (Å²) in [6, 6.07) is 34.7. The predicted octanol–water partition coefficient (Wildman–Crippen LogP) is 7.05. The van der Waals surface area contributed by atoms with Crippen LogP contribution >= 0.6 is 0 Å². The zero-order valence-corrected chi connectivity index (χ0v) is 17.2. The number of carbonyl (C=O) groups excluding carboxylic acids is 2. The van der Waals surface area contributed by atoms with Crippen molar-refractivity contribution in [1.82, 2.24) is 0 Å². The van der Waals surface area contributed by atoms with Crippen LogP contribution in [0.25, 0.3) is 32.3 Å². The maximum atomic E-state index is 13.3. The number of rotatable bonds is 4. The Labute approximate surface area is 185 Å². The molecule has 0 aliphatic carbocycles. The molecule has 2 heteroatoms. The van der Waals surface area contributed by atoms with Gasteiger partial charge in [0.1, 0.15) is 0 Å². The van der Waals surface area contributed by atoms with Crippen molar-refractivity contribution in [3.8, 4) is 0 Å². The fraction of sp³-hybridized carbons (Fsp3) is 0. The molecule has 0 unspecified atom stereocenters. The monoisotopic (exact) mass is 410 g/mol. The van der Waals surface area contributed by atoms with E-state index < -0.39 is 0 Å². The first-order chi connectivity index (χ1) is 15.7. The molecular formula is C30H18O2. The molecule has 6 rings (SSSR count). The molecule has 6 aromatic carbocycles. The third kappa shape index (κ3) is 2.74. The Balaban J connectivity index is 1.64. The highest BCUT2D eigenvalue weighted by atomic mass is 16.1. The van der Waals surface area contributed by atoms with Gasteiger partial charge in [0.25, 0.3) is 0 Å². The number of hydrogen-bond acceptors (Lipinski definition) is 2. The molecule has 0 aromatic heterocycles. The molecule has 0 aliphatic heterocycles. The lowest BCUT2D eigenvalue weighted by molar-refractivity contribution is 0.103. The number of ketones is 2. The van der Waals surface area contributed by atoms with E-state index in [0.29, 0.717) is 22.3 Å². The van der Waals surface area contributed by atoms with Crippen molar-refractivity contribution >= 4 is 43.9 Å². The average Bonchev–Trinajstić information content (AvgIpc) is 2.87. The Hall–Kier alpha value is -4.30. The molecule has 32 heavy (non-hydrogen) atoms. The Kier molecular flexibility index (Phi) is 4.12. The number of hydrogen-bond donors (Lipinski definition) is 0. The van der Waals surface area contributed by atoms with Crippen LogP contribution in [0, 0.1) is 0 Å². The van der Waals surface area contributed by atoms with Gasteiger partial charge in [0.15, 0.2) is 11.6 Å². The highest BCUT2D eigenvalue weighted by Crippen LogP contribution is 2.38. The van der Waals surface area contributed by atoms with Crippen LogP contribution in [-0.4, -0.2) is 11.6 Å². The van der Waals surface area contributed by atoms with Gasteiger partial charge in [-0.3, -0.25) is 9.59 Å². The second kappa shape index (κ2) is 7.14. The van der Waals surface area contributed by atoms with Gasteiger partial charge in [-0.25, -0.2) is 0 Å². The fourth-order valence-corrected chi connectivity index (χ4v) is 4.69. The molecule has 0 fully saturated rings. The van der Waals surface area contributed by atoms with Crippen molar-refractivity contribution in [3.05, 3.63) is 131 Å². The van der Waals surface area contributed by atoms with Gasteiger partial charge in [0.05, 0.1) is 0 Å². The third-order valence-corrected chi connectivity index (χ3v) is 6.23. The molecular weight excluding hydrogens is 392 g/mol. The third-order valence-electron chi connectivity index (χ3n) is 6.23. The predicted molar refractivity (Wildman–Crippen MR) is 130 cm³/mol. The van der Waals surface area contributed by atoms with E-state index in [-0.39, 0.29) is 11.6 Å². The zero-order valence-electron chi connectivity index (χ0n) is 17.2. The molecule has 0 saturated carbocycles. The normalized spacial score (nSPS) is 11.4. The molecule has 0 spiro atoms. The first kappa shape index (κ1) is 18.5. The largest absolute Gasteiger partial charge is 0.289 e. The van der Waals surface area contributed by atoms with Crippen LogP contribution < -0.4 is 0 Å². The molecule has 0 bridgehead atoms. The Morgan fingerprint density at radius 3 is 1.19 bits per heavy atom. The van der Waals surface area contributed by atoms with Crippen LogP contribution in [0.3, 0.4) is 0 Å². The maximum Gasteiger partial charge on any atom is 0.193 e. The summed E-state index contributed by atoms with van der Waals surface area (Å²) in [4.78, 5) is 26.6. The van der Waals surface area contributed by atoms with Gasteiger partial charge in [-0.05, 0) is 44.5 Å². The second-order valence-corrected chi connectivity index (χ2v) is 8.04. The van der Waals surface area contributed by atoms with E-state index in [2.05, 4.69) is 0 Å². The van der Waals surface area contributed by atoms with Crippen molar-refractivity contribution in [2.75, 3.05) is 0 Å². The lowest BCUT2D eigenvalue weighted by atomic mass is 9.87. The summed E-state index contributed by atoms with van der Waals surface area (Å²) in [5, 5.41) is 6.02. The van der Waals surface area contributed by atoms with Crippen LogP contribution in [0.4, 0.5) is 0 Å². The van der Waals surface area contributed by atoms with Gasteiger partial charge in [0, 0.05) is 22.3 Å². The molecule has 150 valence electrons. The minimum absolute atomic E-state index is 0.00381. The van der Waals surface area contributed by atoms with E-state index in [1.165, 1.54) is 0 Å². The summed E-state index contributed by atoms with van der Waals surface area (Å²) in [6.45, 7) is 0. The van der Waals surface area contributed by atoms with E-state index in [1.807, 2.05) is 109 Å². The minimum Gasteiger partial charge on any atom is -0.289 e. The van der Waals surface area contributed by atoms with E-state index in [4.69, 9.17) is 0 Å². The summed E-state index contributed by atoms with van der Waals surface area (Å²) in [7, 11) is 0. The Bertz CT molecular complexity index is 1510. The smallest absolute Gasteiger partial charge is 0.193 e. The van der Waals surface area contributed by atoms with Crippen LogP contribution in [0.1, 0.15) is 31.8 Å². The van der Waals surface area contributed by atoms with Gasteiger partial charge < -0.3 is 0 Å². The minimum atomic E-state index is 0.00381. The average molecular weight is 410 g/mol. The van der Waals surface area contributed by atoms with Crippen LogP contribution in [0.5, 0.6) is 0 Å². The Morgan fingerprint density at radius 2 is 0.781 bits per heavy atom.